The Morgan fingerprint density at radius 3 is 2.74 bits per heavy atom. The van der Waals surface area contributed by atoms with Gasteiger partial charge in [-0.2, -0.15) is 0 Å². The van der Waals surface area contributed by atoms with Crippen molar-refractivity contribution in [3.05, 3.63) is 30.1 Å². The predicted molar refractivity (Wildman–Crippen MR) is 82.4 cm³/mol. The summed E-state index contributed by atoms with van der Waals surface area (Å²) in [7, 11) is 0. The van der Waals surface area contributed by atoms with Gasteiger partial charge in [0.15, 0.2) is 0 Å². The Morgan fingerprint density at radius 1 is 1.30 bits per heavy atom. The number of urea groups is 1. The number of amides is 4. The first-order chi connectivity index (χ1) is 11.0. The highest BCUT2D eigenvalue weighted by Gasteiger charge is 2.31. The smallest absolute Gasteiger partial charge is 0.315 e. The summed E-state index contributed by atoms with van der Waals surface area (Å²) in [6.45, 7) is 2.31. The van der Waals surface area contributed by atoms with Gasteiger partial charge in [-0.1, -0.05) is 6.07 Å². The summed E-state index contributed by atoms with van der Waals surface area (Å²) in [6.07, 6.45) is 0.162. The Morgan fingerprint density at radius 2 is 2.04 bits per heavy atom. The fourth-order valence-electron chi connectivity index (χ4n) is 2.35. The molecule has 1 aliphatic rings. The molecule has 0 radical (unpaired) electrons. The molecule has 2 rings (SSSR count). The average molecular weight is 322 g/mol. The largest absolute Gasteiger partial charge is 0.355 e. The maximum Gasteiger partial charge on any atom is 0.315 e. The van der Waals surface area contributed by atoms with Crippen LogP contribution in [-0.4, -0.2) is 43.5 Å². The number of rotatable bonds is 5. The second-order valence-corrected chi connectivity index (χ2v) is 5.27. The second kappa shape index (κ2) is 7.57. The molecule has 4 amide bonds. The lowest BCUT2D eigenvalue weighted by molar-refractivity contribution is -0.119. The molecule has 1 fully saturated rings. The molecule has 23 heavy (non-hydrogen) atoms. The Balaban J connectivity index is 1.81. The lowest BCUT2D eigenvalue weighted by atomic mass is 10.2. The highest BCUT2D eigenvalue weighted by molar-refractivity contribution is 5.96. The van der Waals surface area contributed by atoms with Crippen molar-refractivity contribution in [2.24, 2.45) is 0 Å². The van der Waals surface area contributed by atoms with E-state index >= 15 is 0 Å². The van der Waals surface area contributed by atoms with Crippen molar-refractivity contribution < 1.29 is 18.8 Å². The second-order valence-electron chi connectivity index (χ2n) is 5.27. The van der Waals surface area contributed by atoms with E-state index in [9.17, 15) is 18.8 Å². The third-order valence-corrected chi connectivity index (χ3v) is 3.36. The molecular formula is C15H19FN4O3. The maximum atomic E-state index is 13.2. The molecule has 0 saturated carbocycles. The summed E-state index contributed by atoms with van der Waals surface area (Å²) in [5.74, 6) is -0.749. The van der Waals surface area contributed by atoms with Gasteiger partial charge in [0.25, 0.3) is 0 Å². The van der Waals surface area contributed by atoms with Crippen molar-refractivity contribution in [1.29, 1.82) is 0 Å². The van der Waals surface area contributed by atoms with Gasteiger partial charge in [0, 0.05) is 38.7 Å². The van der Waals surface area contributed by atoms with E-state index in [1.807, 2.05) is 0 Å². The van der Waals surface area contributed by atoms with Crippen molar-refractivity contribution in [2.75, 3.05) is 24.5 Å². The summed E-state index contributed by atoms with van der Waals surface area (Å²) < 4.78 is 13.2. The molecule has 124 valence electrons. The first-order valence-corrected chi connectivity index (χ1v) is 7.30. The number of hydrogen-bond acceptors (Lipinski definition) is 3. The minimum atomic E-state index is -0.414. The molecule has 1 atom stereocenters. The van der Waals surface area contributed by atoms with Gasteiger partial charge >= 0.3 is 6.03 Å². The zero-order valence-corrected chi connectivity index (χ0v) is 12.8. The summed E-state index contributed by atoms with van der Waals surface area (Å²) >= 11 is 0. The average Bonchev–Trinajstić information content (AvgIpc) is 2.84. The first kappa shape index (κ1) is 16.7. The van der Waals surface area contributed by atoms with Crippen molar-refractivity contribution in [3.8, 4) is 0 Å². The van der Waals surface area contributed by atoms with E-state index in [0.717, 1.165) is 0 Å². The fourth-order valence-corrected chi connectivity index (χ4v) is 2.35. The highest BCUT2D eigenvalue weighted by Crippen LogP contribution is 2.22. The minimum absolute atomic E-state index is 0.162. The lowest BCUT2D eigenvalue weighted by Gasteiger charge is -2.17. The van der Waals surface area contributed by atoms with Gasteiger partial charge in [-0.25, -0.2) is 9.18 Å². The molecule has 1 aromatic carbocycles. The summed E-state index contributed by atoms with van der Waals surface area (Å²) in [6, 6.07) is 5.03. The van der Waals surface area contributed by atoms with Gasteiger partial charge in [0.1, 0.15) is 5.82 Å². The SMILES string of the molecule is CC(=O)NCCNC(=O)NC1CC(=O)N(c2cccc(F)c2)C1. The normalized spacial score (nSPS) is 17.0. The fraction of sp³-hybridized carbons (Fsp3) is 0.400. The number of nitrogens with one attached hydrogen (secondary N) is 3. The van der Waals surface area contributed by atoms with Gasteiger partial charge < -0.3 is 20.9 Å². The Hall–Kier alpha value is -2.64. The van der Waals surface area contributed by atoms with Crippen LogP contribution in [0.2, 0.25) is 0 Å². The summed E-state index contributed by atoms with van der Waals surface area (Å²) in [4.78, 5) is 35.9. The van der Waals surface area contributed by atoms with E-state index in [-0.39, 0.29) is 24.3 Å². The van der Waals surface area contributed by atoms with Crippen LogP contribution in [0.5, 0.6) is 0 Å². The zero-order chi connectivity index (χ0) is 16.8. The molecule has 1 aromatic rings. The number of anilines is 1. The van der Waals surface area contributed by atoms with E-state index in [1.165, 1.54) is 30.0 Å². The Bertz CT molecular complexity index is 608. The van der Waals surface area contributed by atoms with Crippen molar-refractivity contribution in [2.45, 2.75) is 19.4 Å². The highest BCUT2D eigenvalue weighted by atomic mass is 19.1. The van der Waals surface area contributed by atoms with E-state index in [4.69, 9.17) is 0 Å². The number of benzene rings is 1. The van der Waals surface area contributed by atoms with Gasteiger partial charge in [0.2, 0.25) is 11.8 Å². The van der Waals surface area contributed by atoms with Gasteiger partial charge in [-0.3, -0.25) is 9.59 Å². The van der Waals surface area contributed by atoms with E-state index in [2.05, 4.69) is 16.0 Å². The van der Waals surface area contributed by atoms with Crippen LogP contribution in [0.3, 0.4) is 0 Å². The lowest BCUT2D eigenvalue weighted by Crippen LogP contribution is -2.45. The van der Waals surface area contributed by atoms with E-state index in [1.54, 1.807) is 6.07 Å². The number of hydrogen-bond donors (Lipinski definition) is 3. The maximum absolute atomic E-state index is 13.2. The zero-order valence-electron chi connectivity index (χ0n) is 12.8. The first-order valence-electron chi connectivity index (χ1n) is 7.30. The van der Waals surface area contributed by atoms with Crippen LogP contribution in [0.25, 0.3) is 0 Å². The van der Waals surface area contributed by atoms with Gasteiger partial charge in [-0.05, 0) is 18.2 Å². The van der Waals surface area contributed by atoms with Crippen LogP contribution < -0.4 is 20.9 Å². The Labute approximate surface area is 133 Å². The van der Waals surface area contributed by atoms with E-state index in [0.29, 0.717) is 25.3 Å². The number of carbonyl (C=O) groups is 3. The van der Waals surface area contributed by atoms with Crippen LogP contribution in [-0.2, 0) is 9.59 Å². The number of nitrogens with zero attached hydrogens (tertiary/aromatic N) is 1. The number of carbonyl (C=O) groups excluding carboxylic acids is 3. The summed E-state index contributed by atoms with van der Waals surface area (Å²) in [5.41, 5.74) is 0.477. The topological polar surface area (TPSA) is 90.5 Å². The molecule has 1 aliphatic heterocycles. The Kier molecular flexibility index (Phi) is 5.51. The molecule has 0 spiro atoms. The minimum Gasteiger partial charge on any atom is -0.355 e. The molecule has 8 heteroatoms. The quantitative estimate of drug-likeness (QED) is 0.684. The van der Waals surface area contributed by atoms with Crippen LogP contribution in [0.15, 0.2) is 24.3 Å². The van der Waals surface area contributed by atoms with E-state index < -0.39 is 11.8 Å². The van der Waals surface area contributed by atoms with Crippen LogP contribution in [0.4, 0.5) is 14.9 Å². The molecule has 0 bridgehead atoms. The predicted octanol–water partition coefficient (Wildman–Crippen LogP) is 0.366. The standard InChI is InChI=1S/C15H19FN4O3/c1-10(21)17-5-6-18-15(23)19-12-8-14(22)20(9-12)13-4-2-3-11(16)7-13/h2-4,7,12H,5-6,8-9H2,1H3,(H,17,21)(H2,18,19,23). The monoisotopic (exact) mass is 322 g/mol. The molecule has 1 saturated heterocycles. The van der Waals surface area contributed by atoms with Gasteiger partial charge in [0.05, 0.1) is 6.04 Å². The van der Waals surface area contributed by atoms with Gasteiger partial charge in [-0.15, -0.1) is 0 Å². The van der Waals surface area contributed by atoms with Crippen LogP contribution >= 0.6 is 0 Å². The molecule has 3 N–H and O–H groups in total. The molecule has 0 aromatic heterocycles. The molecule has 0 aliphatic carbocycles. The molecular weight excluding hydrogens is 303 g/mol. The molecule has 1 unspecified atom stereocenters. The van der Waals surface area contributed by atoms with Crippen molar-refractivity contribution in [3.63, 3.8) is 0 Å². The summed E-state index contributed by atoms with van der Waals surface area (Å²) in [5, 5.41) is 7.84. The number of halogens is 1. The van der Waals surface area contributed by atoms with Crippen molar-refractivity contribution in [1.82, 2.24) is 16.0 Å². The van der Waals surface area contributed by atoms with Crippen LogP contribution in [0.1, 0.15) is 13.3 Å². The van der Waals surface area contributed by atoms with Crippen molar-refractivity contribution >= 4 is 23.5 Å². The molecule has 7 nitrogen and oxygen atoms in total. The third kappa shape index (κ3) is 4.94. The third-order valence-electron chi connectivity index (χ3n) is 3.36. The molecule has 1 heterocycles. The van der Waals surface area contributed by atoms with Crippen LogP contribution in [0, 0.1) is 5.82 Å².